The maximum Gasteiger partial charge on any atom is 0.236 e. The Kier molecular flexibility index (Phi) is 4.16. The fourth-order valence-corrected chi connectivity index (χ4v) is 2.67. The van der Waals surface area contributed by atoms with Gasteiger partial charge in [-0.25, -0.2) is 4.98 Å². The molecule has 2 rings (SSSR count). The maximum atomic E-state index is 11.7. The van der Waals surface area contributed by atoms with E-state index in [1.807, 2.05) is 12.3 Å². The van der Waals surface area contributed by atoms with Crippen LogP contribution >= 0.6 is 23.1 Å². The smallest absolute Gasteiger partial charge is 0.236 e. The van der Waals surface area contributed by atoms with Crippen molar-refractivity contribution in [2.75, 3.05) is 16.8 Å². The van der Waals surface area contributed by atoms with E-state index in [9.17, 15) is 4.79 Å². The van der Waals surface area contributed by atoms with Gasteiger partial charge in [0.1, 0.15) is 0 Å². The molecule has 18 heavy (non-hydrogen) atoms. The molecule has 94 valence electrons. The SMILES string of the molecule is Cc1csc(NC(=O)CSc2ccncc2N)n1. The lowest BCUT2D eigenvalue weighted by atomic mass is 10.4. The van der Waals surface area contributed by atoms with Crippen LogP contribution in [0.2, 0.25) is 0 Å². The van der Waals surface area contributed by atoms with Crippen molar-refractivity contribution < 1.29 is 4.79 Å². The number of amides is 1. The number of rotatable bonds is 4. The molecule has 2 heterocycles. The normalized spacial score (nSPS) is 10.3. The molecule has 0 saturated heterocycles. The van der Waals surface area contributed by atoms with Crippen molar-refractivity contribution in [2.24, 2.45) is 0 Å². The lowest BCUT2D eigenvalue weighted by Crippen LogP contribution is -2.13. The van der Waals surface area contributed by atoms with Crippen LogP contribution in [0.25, 0.3) is 0 Å². The molecule has 0 aromatic carbocycles. The molecule has 0 aliphatic carbocycles. The summed E-state index contributed by atoms with van der Waals surface area (Å²) in [6.45, 7) is 1.89. The second-order valence-corrected chi connectivity index (χ2v) is 5.42. The number of nitrogens with one attached hydrogen (secondary N) is 1. The number of thioether (sulfide) groups is 1. The summed E-state index contributed by atoms with van der Waals surface area (Å²) in [6.07, 6.45) is 3.23. The Morgan fingerprint density at radius 1 is 1.61 bits per heavy atom. The number of hydrogen-bond donors (Lipinski definition) is 2. The third-order valence-corrected chi connectivity index (χ3v) is 4.00. The monoisotopic (exact) mass is 280 g/mol. The number of aryl methyl sites for hydroxylation is 1. The largest absolute Gasteiger partial charge is 0.397 e. The first-order valence-corrected chi connectivity index (χ1v) is 7.06. The Labute approximate surface area is 113 Å². The van der Waals surface area contributed by atoms with Crippen LogP contribution in [-0.4, -0.2) is 21.6 Å². The summed E-state index contributed by atoms with van der Waals surface area (Å²) >= 11 is 2.80. The van der Waals surface area contributed by atoms with Gasteiger partial charge in [-0.2, -0.15) is 0 Å². The first-order chi connectivity index (χ1) is 8.65. The van der Waals surface area contributed by atoms with Gasteiger partial charge in [-0.1, -0.05) is 0 Å². The van der Waals surface area contributed by atoms with Gasteiger partial charge in [0.15, 0.2) is 5.13 Å². The van der Waals surface area contributed by atoms with Gasteiger partial charge in [0.2, 0.25) is 5.91 Å². The second kappa shape index (κ2) is 5.83. The highest BCUT2D eigenvalue weighted by atomic mass is 32.2. The molecule has 0 spiro atoms. The van der Waals surface area contributed by atoms with Gasteiger partial charge in [-0.15, -0.1) is 23.1 Å². The molecule has 0 aliphatic rings. The van der Waals surface area contributed by atoms with E-state index in [1.54, 1.807) is 18.5 Å². The first kappa shape index (κ1) is 12.8. The van der Waals surface area contributed by atoms with Gasteiger partial charge < -0.3 is 11.1 Å². The molecule has 0 aliphatic heterocycles. The third-order valence-electron chi connectivity index (χ3n) is 2.03. The molecule has 3 N–H and O–H groups in total. The van der Waals surface area contributed by atoms with Crippen molar-refractivity contribution in [3.63, 3.8) is 0 Å². The van der Waals surface area contributed by atoms with Gasteiger partial charge >= 0.3 is 0 Å². The third kappa shape index (κ3) is 3.44. The van der Waals surface area contributed by atoms with Crippen LogP contribution in [0.4, 0.5) is 10.8 Å². The van der Waals surface area contributed by atoms with Crippen molar-refractivity contribution in [1.82, 2.24) is 9.97 Å². The first-order valence-electron chi connectivity index (χ1n) is 5.19. The number of thiazole rings is 1. The zero-order valence-electron chi connectivity index (χ0n) is 9.71. The molecule has 1 amide bonds. The molecule has 0 atom stereocenters. The van der Waals surface area contributed by atoms with E-state index in [2.05, 4.69) is 15.3 Å². The van der Waals surface area contributed by atoms with E-state index < -0.39 is 0 Å². The number of pyridine rings is 1. The number of nitrogens with zero attached hydrogens (tertiary/aromatic N) is 2. The Morgan fingerprint density at radius 3 is 3.11 bits per heavy atom. The Hall–Kier alpha value is -1.60. The summed E-state index contributed by atoms with van der Waals surface area (Å²) in [6, 6.07) is 1.79. The van der Waals surface area contributed by atoms with Gasteiger partial charge in [-0.3, -0.25) is 9.78 Å². The average molecular weight is 280 g/mol. The Balaban J connectivity index is 1.87. The minimum atomic E-state index is -0.0921. The summed E-state index contributed by atoms with van der Waals surface area (Å²) < 4.78 is 0. The molecule has 7 heteroatoms. The zero-order chi connectivity index (χ0) is 13.0. The Bertz CT molecular complexity index is 555. The molecule has 0 fully saturated rings. The summed E-state index contributed by atoms with van der Waals surface area (Å²) in [5.41, 5.74) is 7.23. The molecular weight excluding hydrogens is 268 g/mol. The van der Waals surface area contributed by atoms with Crippen molar-refractivity contribution in [2.45, 2.75) is 11.8 Å². The van der Waals surface area contributed by atoms with Crippen molar-refractivity contribution in [3.8, 4) is 0 Å². The lowest BCUT2D eigenvalue weighted by Gasteiger charge is -2.04. The van der Waals surface area contributed by atoms with Crippen LogP contribution < -0.4 is 11.1 Å². The van der Waals surface area contributed by atoms with Crippen molar-refractivity contribution >= 4 is 39.8 Å². The maximum absolute atomic E-state index is 11.7. The summed E-state index contributed by atoms with van der Waals surface area (Å²) in [4.78, 5) is 20.6. The average Bonchev–Trinajstić information content (AvgIpc) is 2.74. The van der Waals surface area contributed by atoms with Gasteiger partial charge in [0.05, 0.1) is 23.3 Å². The fraction of sp³-hybridized carbons (Fsp3) is 0.182. The molecule has 0 unspecified atom stereocenters. The van der Waals surface area contributed by atoms with Crippen LogP contribution in [0.5, 0.6) is 0 Å². The topological polar surface area (TPSA) is 80.9 Å². The molecule has 2 aromatic rings. The lowest BCUT2D eigenvalue weighted by molar-refractivity contribution is -0.113. The molecule has 5 nitrogen and oxygen atoms in total. The highest BCUT2D eigenvalue weighted by Crippen LogP contribution is 2.23. The van der Waals surface area contributed by atoms with Crippen LogP contribution in [0.1, 0.15) is 5.69 Å². The van der Waals surface area contributed by atoms with Crippen LogP contribution in [0.3, 0.4) is 0 Å². The molecule has 0 radical (unpaired) electrons. The van der Waals surface area contributed by atoms with Crippen molar-refractivity contribution in [3.05, 3.63) is 29.5 Å². The van der Waals surface area contributed by atoms with E-state index in [4.69, 9.17) is 5.73 Å². The van der Waals surface area contributed by atoms with Crippen LogP contribution in [0, 0.1) is 6.92 Å². The van der Waals surface area contributed by atoms with E-state index in [-0.39, 0.29) is 5.91 Å². The molecule has 2 aromatic heterocycles. The number of hydrogen-bond acceptors (Lipinski definition) is 6. The fourth-order valence-electron chi connectivity index (χ4n) is 1.24. The number of aromatic nitrogens is 2. The number of carbonyl (C=O) groups excluding carboxylic acids is 1. The number of nitrogens with two attached hydrogens (primary N) is 1. The van der Waals surface area contributed by atoms with E-state index in [0.29, 0.717) is 16.6 Å². The number of anilines is 2. The van der Waals surface area contributed by atoms with Crippen LogP contribution in [0.15, 0.2) is 28.7 Å². The van der Waals surface area contributed by atoms with E-state index in [0.717, 1.165) is 10.6 Å². The highest BCUT2D eigenvalue weighted by Gasteiger charge is 2.07. The van der Waals surface area contributed by atoms with Gasteiger partial charge in [-0.05, 0) is 13.0 Å². The van der Waals surface area contributed by atoms with Crippen LogP contribution in [-0.2, 0) is 4.79 Å². The molecule has 0 bridgehead atoms. The number of nitrogen functional groups attached to an aromatic ring is 1. The minimum Gasteiger partial charge on any atom is -0.397 e. The van der Waals surface area contributed by atoms with Crippen molar-refractivity contribution in [1.29, 1.82) is 0 Å². The number of carbonyl (C=O) groups is 1. The predicted molar refractivity (Wildman–Crippen MR) is 74.9 cm³/mol. The molecular formula is C11H12N4OS2. The van der Waals surface area contributed by atoms with Gasteiger partial charge in [0.25, 0.3) is 0 Å². The summed E-state index contributed by atoms with van der Waals surface area (Å²) in [5, 5.41) is 5.26. The van der Waals surface area contributed by atoms with E-state index in [1.165, 1.54) is 23.1 Å². The predicted octanol–water partition coefficient (Wildman–Crippen LogP) is 2.16. The molecule has 0 saturated carbocycles. The standard InChI is InChI=1S/C11H12N4OS2/c1-7-5-18-11(14-7)15-10(16)6-17-9-2-3-13-4-8(9)12/h2-5H,6,12H2,1H3,(H,14,15,16). The van der Waals surface area contributed by atoms with Gasteiger partial charge in [0, 0.05) is 16.5 Å². The highest BCUT2D eigenvalue weighted by molar-refractivity contribution is 8.00. The van der Waals surface area contributed by atoms with E-state index >= 15 is 0 Å². The summed E-state index contributed by atoms with van der Waals surface area (Å²) in [5.74, 6) is 0.206. The quantitative estimate of drug-likeness (QED) is 0.839. The zero-order valence-corrected chi connectivity index (χ0v) is 11.3. The second-order valence-electron chi connectivity index (χ2n) is 3.54. The Morgan fingerprint density at radius 2 is 2.44 bits per heavy atom. The minimum absolute atomic E-state index is 0.0921. The summed E-state index contributed by atoms with van der Waals surface area (Å²) in [7, 11) is 0.